The van der Waals surface area contributed by atoms with Crippen LogP contribution in [0.2, 0.25) is 0 Å². The molecule has 2 aliphatic heterocycles. The van der Waals surface area contributed by atoms with E-state index >= 15 is 0 Å². The lowest BCUT2D eigenvalue weighted by Crippen LogP contribution is -2.31. The maximum absolute atomic E-state index is 12.1. The molecule has 1 aromatic carbocycles. The largest absolute Gasteiger partial charge is 0.381 e. The fourth-order valence-corrected chi connectivity index (χ4v) is 3.97. The molecule has 3 fully saturated rings. The van der Waals surface area contributed by atoms with Crippen LogP contribution in [-0.2, 0) is 9.53 Å². The van der Waals surface area contributed by atoms with Crippen molar-refractivity contribution < 1.29 is 9.53 Å². The number of hydrogen-bond acceptors (Lipinski definition) is 4. The summed E-state index contributed by atoms with van der Waals surface area (Å²) in [5.74, 6) is -0.0297. The lowest BCUT2D eigenvalue weighted by atomic mass is 10.1. The van der Waals surface area contributed by atoms with Crippen LogP contribution in [0.5, 0.6) is 0 Å². The predicted octanol–water partition coefficient (Wildman–Crippen LogP) is 2.84. The molecule has 3 aliphatic rings. The highest BCUT2D eigenvalue weighted by atomic mass is 16.5. The normalized spacial score (nSPS) is 30.5. The molecule has 0 unspecified atom stereocenters. The Morgan fingerprint density at radius 2 is 1.92 bits per heavy atom. The minimum Gasteiger partial charge on any atom is -0.381 e. The van der Waals surface area contributed by atoms with Crippen LogP contribution in [0.3, 0.4) is 0 Å². The third-order valence-electron chi connectivity index (χ3n) is 5.38. The highest BCUT2D eigenvalue weighted by Crippen LogP contribution is 2.34. The zero-order chi connectivity index (χ0) is 16.5. The summed E-state index contributed by atoms with van der Waals surface area (Å²) in [5.41, 5.74) is 1.96. The van der Waals surface area contributed by atoms with Gasteiger partial charge in [0.25, 0.3) is 5.91 Å². The fraction of sp³-hybridized carbons (Fsp3) is 0.632. The average Bonchev–Trinajstić information content (AvgIpc) is 3.12. The molecule has 1 aliphatic carbocycles. The third kappa shape index (κ3) is 3.57. The molecule has 2 N–H and O–H groups in total. The van der Waals surface area contributed by atoms with Crippen LogP contribution in [-0.4, -0.2) is 48.2 Å². The molecular weight excluding hydrogens is 302 g/mol. The van der Waals surface area contributed by atoms with E-state index in [-0.39, 0.29) is 12.0 Å². The number of nitrogens with one attached hydrogen (secondary N) is 2. The second-order valence-electron chi connectivity index (χ2n) is 7.42. The quantitative estimate of drug-likeness (QED) is 0.872. The Morgan fingerprint density at radius 1 is 1.17 bits per heavy atom. The summed E-state index contributed by atoms with van der Waals surface area (Å²) in [6.07, 6.45) is 5.46. The van der Waals surface area contributed by atoms with Gasteiger partial charge in [0.1, 0.15) is 6.10 Å². The van der Waals surface area contributed by atoms with Gasteiger partial charge in [-0.25, -0.2) is 0 Å². The molecule has 0 spiro atoms. The second kappa shape index (κ2) is 6.73. The number of benzene rings is 1. The topological polar surface area (TPSA) is 53.6 Å². The van der Waals surface area contributed by atoms with E-state index in [4.69, 9.17) is 4.74 Å². The summed E-state index contributed by atoms with van der Waals surface area (Å²) in [6.45, 7) is 4.17. The van der Waals surface area contributed by atoms with Gasteiger partial charge in [-0.15, -0.1) is 0 Å². The third-order valence-corrected chi connectivity index (χ3v) is 5.38. The Hall–Kier alpha value is -1.59. The van der Waals surface area contributed by atoms with Crippen molar-refractivity contribution >= 4 is 17.3 Å². The molecule has 5 nitrogen and oxygen atoms in total. The molecule has 1 aromatic rings. The number of ether oxygens (including phenoxy) is 1. The van der Waals surface area contributed by atoms with E-state index in [0.717, 1.165) is 36.8 Å². The van der Waals surface area contributed by atoms with Crippen LogP contribution in [0.1, 0.15) is 39.0 Å². The van der Waals surface area contributed by atoms with E-state index in [1.54, 1.807) is 0 Å². The van der Waals surface area contributed by atoms with E-state index in [9.17, 15) is 4.79 Å². The summed E-state index contributed by atoms with van der Waals surface area (Å²) in [7, 11) is 0. The van der Waals surface area contributed by atoms with E-state index in [2.05, 4.69) is 34.6 Å². The van der Waals surface area contributed by atoms with Crippen molar-refractivity contribution in [3.8, 4) is 0 Å². The molecule has 5 heteroatoms. The van der Waals surface area contributed by atoms with Crippen LogP contribution in [0, 0.1) is 0 Å². The van der Waals surface area contributed by atoms with Crippen molar-refractivity contribution in [1.29, 1.82) is 0 Å². The summed E-state index contributed by atoms with van der Waals surface area (Å²) >= 11 is 0. The van der Waals surface area contributed by atoms with Gasteiger partial charge in [-0.1, -0.05) is 0 Å². The highest BCUT2D eigenvalue weighted by Gasteiger charge is 2.38. The minimum absolute atomic E-state index is 0.0297. The van der Waals surface area contributed by atoms with E-state index in [1.807, 2.05) is 12.1 Å². The van der Waals surface area contributed by atoms with Crippen LogP contribution >= 0.6 is 0 Å². The van der Waals surface area contributed by atoms with Gasteiger partial charge in [0.15, 0.2) is 0 Å². The SMILES string of the molecule is C[C@@H]1C[C@@H](Nc2ccc(NC(=O)[C@H]3CCCO3)cc2)CN1C1CC1. The molecule has 24 heavy (non-hydrogen) atoms. The fourth-order valence-electron chi connectivity index (χ4n) is 3.97. The first-order valence-corrected chi connectivity index (χ1v) is 9.24. The van der Waals surface area contributed by atoms with Crippen molar-refractivity contribution in [2.45, 2.75) is 63.3 Å². The number of rotatable bonds is 5. The van der Waals surface area contributed by atoms with Gasteiger partial charge < -0.3 is 15.4 Å². The van der Waals surface area contributed by atoms with Crippen molar-refractivity contribution in [2.75, 3.05) is 23.8 Å². The highest BCUT2D eigenvalue weighted by molar-refractivity contribution is 5.94. The van der Waals surface area contributed by atoms with Gasteiger partial charge in [-0.05, 0) is 63.3 Å². The molecule has 0 bridgehead atoms. The van der Waals surface area contributed by atoms with Gasteiger partial charge in [-0.3, -0.25) is 9.69 Å². The summed E-state index contributed by atoms with van der Waals surface area (Å²) < 4.78 is 5.41. The first-order chi connectivity index (χ1) is 11.7. The Labute approximate surface area is 143 Å². The standard InChI is InChI=1S/C19H27N3O2/c1-13-11-16(12-22(13)17-8-9-17)20-14-4-6-15(7-5-14)21-19(23)18-3-2-10-24-18/h4-7,13,16-18,20H,2-3,8-12H2,1H3,(H,21,23)/t13-,16-,18-/m1/s1. The average molecular weight is 329 g/mol. The van der Waals surface area contributed by atoms with E-state index < -0.39 is 0 Å². The summed E-state index contributed by atoms with van der Waals surface area (Å²) in [4.78, 5) is 14.7. The van der Waals surface area contributed by atoms with Crippen molar-refractivity contribution in [3.63, 3.8) is 0 Å². The Bertz CT molecular complexity index is 579. The Balaban J connectivity index is 1.30. The maximum Gasteiger partial charge on any atom is 0.253 e. The number of amides is 1. The van der Waals surface area contributed by atoms with Crippen LogP contribution in [0.4, 0.5) is 11.4 Å². The molecule has 2 heterocycles. The first kappa shape index (κ1) is 15.9. The first-order valence-electron chi connectivity index (χ1n) is 9.24. The van der Waals surface area contributed by atoms with Gasteiger partial charge in [0.05, 0.1) is 0 Å². The lowest BCUT2D eigenvalue weighted by molar-refractivity contribution is -0.124. The number of carbonyl (C=O) groups is 1. The number of hydrogen-bond donors (Lipinski definition) is 2. The van der Waals surface area contributed by atoms with Crippen LogP contribution in [0.25, 0.3) is 0 Å². The molecule has 4 rings (SSSR count). The number of likely N-dealkylation sites (tertiary alicyclic amines) is 1. The second-order valence-corrected chi connectivity index (χ2v) is 7.42. The smallest absolute Gasteiger partial charge is 0.253 e. The number of nitrogens with zero attached hydrogens (tertiary/aromatic N) is 1. The molecule has 1 amide bonds. The zero-order valence-corrected chi connectivity index (χ0v) is 14.3. The predicted molar refractivity (Wildman–Crippen MR) is 95.3 cm³/mol. The summed E-state index contributed by atoms with van der Waals surface area (Å²) in [5, 5.41) is 6.58. The minimum atomic E-state index is -0.281. The number of carbonyl (C=O) groups excluding carboxylic acids is 1. The molecule has 0 aromatic heterocycles. The Morgan fingerprint density at radius 3 is 2.58 bits per heavy atom. The molecule has 1 saturated carbocycles. The zero-order valence-electron chi connectivity index (χ0n) is 14.3. The molecule has 130 valence electrons. The van der Waals surface area contributed by atoms with Gasteiger partial charge in [0, 0.05) is 42.7 Å². The van der Waals surface area contributed by atoms with Gasteiger partial charge in [-0.2, -0.15) is 0 Å². The molecule has 2 saturated heterocycles. The summed E-state index contributed by atoms with van der Waals surface area (Å²) in [6, 6.07) is 10.1. The van der Waals surface area contributed by atoms with Crippen LogP contribution < -0.4 is 10.6 Å². The van der Waals surface area contributed by atoms with Crippen molar-refractivity contribution in [3.05, 3.63) is 24.3 Å². The van der Waals surface area contributed by atoms with Crippen molar-refractivity contribution in [1.82, 2.24) is 4.90 Å². The molecule has 3 atom stereocenters. The van der Waals surface area contributed by atoms with Crippen molar-refractivity contribution in [2.24, 2.45) is 0 Å². The molecular formula is C19H27N3O2. The van der Waals surface area contributed by atoms with Gasteiger partial charge in [0.2, 0.25) is 0 Å². The monoisotopic (exact) mass is 329 g/mol. The number of anilines is 2. The Kier molecular flexibility index (Phi) is 4.46. The van der Waals surface area contributed by atoms with E-state index in [0.29, 0.717) is 18.7 Å². The van der Waals surface area contributed by atoms with Crippen LogP contribution in [0.15, 0.2) is 24.3 Å². The molecule has 0 radical (unpaired) electrons. The van der Waals surface area contributed by atoms with Gasteiger partial charge >= 0.3 is 0 Å². The van der Waals surface area contributed by atoms with E-state index in [1.165, 1.54) is 19.3 Å². The maximum atomic E-state index is 12.1. The lowest BCUT2D eigenvalue weighted by Gasteiger charge is -2.20.